The fourth-order valence-electron chi connectivity index (χ4n) is 2.24. The van der Waals surface area contributed by atoms with E-state index in [-0.39, 0.29) is 10.7 Å². The van der Waals surface area contributed by atoms with Crippen LogP contribution in [0.1, 0.15) is 21.9 Å². The van der Waals surface area contributed by atoms with Gasteiger partial charge in [-0.3, -0.25) is 9.78 Å². The lowest BCUT2D eigenvalue weighted by Crippen LogP contribution is -2.16. The van der Waals surface area contributed by atoms with Crippen molar-refractivity contribution in [3.63, 3.8) is 0 Å². The number of aromatic nitrogens is 3. The van der Waals surface area contributed by atoms with Crippen LogP contribution < -0.4 is 10.6 Å². The molecule has 0 aliphatic carbocycles. The number of benzene rings is 1. The Bertz CT molecular complexity index is 936. The Morgan fingerprint density at radius 3 is 2.81 bits per heavy atom. The number of carbonyl (C=O) groups is 1. The van der Waals surface area contributed by atoms with Gasteiger partial charge in [-0.05, 0) is 36.8 Å². The Kier molecular flexibility index (Phi) is 5.38. The Labute approximate surface area is 154 Å². The molecule has 0 atom stereocenters. The van der Waals surface area contributed by atoms with E-state index in [0.29, 0.717) is 23.9 Å². The second kappa shape index (κ2) is 7.88. The summed E-state index contributed by atoms with van der Waals surface area (Å²) < 4.78 is 13.2. The van der Waals surface area contributed by atoms with E-state index in [1.807, 2.05) is 12.1 Å². The van der Waals surface area contributed by atoms with Crippen molar-refractivity contribution in [2.45, 2.75) is 13.5 Å². The summed E-state index contributed by atoms with van der Waals surface area (Å²) in [6.45, 7) is 2.21. The molecule has 3 rings (SSSR count). The Balaban J connectivity index is 1.73. The lowest BCUT2D eigenvalue weighted by atomic mass is 10.2. The van der Waals surface area contributed by atoms with Crippen molar-refractivity contribution < 1.29 is 9.18 Å². The van der Waals surface area contributed by atoms with E-state index in [4.69, 9.17) is 11.6 Å². The fraction of sp³-hybridized carbons (Fsp3) is 0.111. The van der Waals surface area contributed by atoms with Gasteiger partial charge in [0.25, 0.3) is 5.91 Å². The summed E-state index contributed by atoms with van der Waals surface area (Å²) in [7, 11) is 0. The van der Waals surface area contributed by atoms with Gasteiger partial charge in [0.15, 0.2) is 0 Å². The standard InChI is InChI=1S/C18H15ClFN5O/c1-11-23-16(18(26)25-13-4-5-15(20)14(19)7-13)8-17(24-11)22-10-12-3-2-6-21-9-12/h2-9H,10H2,1H3,(H,25,26)(H,22,23,24). The van der Waals surface area contributed by atoms with E-state index < -0.39 is 11.7 Å². The molecule has 0 unspecified atom stereocenters. The molecule has 2 aromatic heterocycles. The zero-order valence-electron chi connectivity index (χ0n) is 13.8. The quantitative estimate of drug-likeness (QED) is 0.712. The van der Waals surface area contributed by atoms with Crippen LogP contribution in [-0.2, 0) is 6.54 Å². The van der Waals surface area contributed by atoms with Crippen molar-refractivity contribution in [3.8, 4) is 0 Å². The topological polar surface area (TPSA) is 79.8 Å². The third-order valence-corrected chi connectivity index (χ3v) is 3.73. The number of carbonyl (C=O) groups excluding carboxylic acids is 1. The van der Waals surface area contributed by atoms with Gasteiger partial charge in [-0.15, -0.1) is 0 Å². The first-order valence-electron chi connectivity index (χ1n) is 7.76. The third kappa shape index (κ3) is 4.52. The number of pyridine rings is 1. The number of amides is 1. The van der Waals surface area contributed by atoms with Crippen LogP contribution in [0.25, 0.3) is 0 Å². The van der Waals surface area contributed by atoms with E-state index in [0.717, 1.165) is 5.56 Å². The predicted octanol–water partition coefficient (Wildman–Crippen LogP) is 3.84. The van der Waals surface area contributed by atoms with Crippen LogP contribution in [0.5, 0.6) is 0 Å². The van der Waals surface area contributed by atoms with E-state index in [9.17, 15) is 9.18 Å². The molecule has 0 saturated carbocycles. The minimum atomic E-state index is -0.551. The van der Waals surface area contributed by atoms with Crippen LogP contribution >= 0.6 is 11.6 Å². The fourth-order valence-corrected chi connectivity index (χ4v) is 2.42. The average Bonchev–Trinajstić information content (AvgIpc) is 2.63. The molecule has 26 heavy (non-hydrogen) atoms. The first-order chi connectivity index (χ1) is 12.5. The lowest BCUT2D eigenvalue weighted by Gasteiger charge is -2.09. The maximum atomic E-state index is 13.2. The minimum Gasteiger partial charge on any atom is -0.366 e. The Morgan fingerprint density at radius 1 is 1.23 bits per heavy atom. The molecule has 0 aliphatic rings. The summed E-state index contributed by atoms with van der Waals surface area (Å²) in [5.74, 6) is -0.0286. The molecule has 3 aromatic rings. The summed E-state index contributed by atoms with van der Waals surface area (Å²) >= 11 is 5.73. The van der Waals surface area contributed by atoms with Crippen LogP contribution in [-0.4, -0.2) is 20.9 Å². The number of hydrogen-bond acceptors (Lipinski definition) is 5. The van der Waals surface area contributed by atoms with Crippen LogP contribution in [0.15, 0.2) is 48.8 Å². The second-order valence-electron chi connectivity index (χ2n) is 5.48. The summed E-state index contributed by atoms with van der Waals surface area (Å²) in [6, 6.07) is 9.27. The van der Waals surface area contributed by atoms with Crippen LogP contribution in [0, 0.1) is 12.7 Å². The Hall–Kier alpha value is -3.06. The number of hydrogen-bond donors (Lipinski definition) is 2. The molecule has 1 amide bonds. The molecular formula is C18H15ClFN5O. The summed E-state index contributed by atoms with van der Waals surface area (Å²) in [5.41, 5.74) is 1.55. The highest BCUT2D eigenvalue weighted by Gasteiger charge is 2.12. The summed E-state index contributed by atoms with van der Waals surface area (Å²) in [6.07, 6.45) is 3.44. The monoisotopic (exact) mass is 371 g/mol. The van der Waals surface area contributed by atoms with Gasteiger partial charge in [-0.1, -0.05) is 17.7 Å². The molecule has 0 fully saturated rings. The molecule has 2 N–H and O–H groups in total. The zero-order valence-corrected chi connectivity index (χ0v) is 14.6. The van der Waals surface area contributed by atoms with Crippen molar-refractivity contribution >= 4 is 29.0 Å². The number of nitrogens with zero attached hydrogens (tertiary/aromatic N) is 3. The normalized spacial score (nSPS) is 10.4. The van der Waals surface area contributed by atoms with Gasteiger partial charge in [-0.25, -0.2) is 14.4 Å². The van der Waals surface area contributed by atoms with E-state index in [1.54, 1.807) is 25.4 Å². The molecule has 0 spiro atoms. The molecular weight excluding hydrogens is 357 g/mol. The SMILES string of the molecule is Cc1nc(NCc2cccnc2)cc(C(=O)Nc2ccc(F)c(Cl)c2)n1. The van der Waals surface area contributed by atoms with Crippen LogP contribution in [0.2, 0.25) is 5.02 Å². The molecule has 0 saturated heterocycles. The van der Waals surface area contributed by atoms with E-state index in [1.165, 1.54) is 18.2 Å². The van der Waals surface area contributed by atoms with Crippen molar-refractivity contribution in [1.29, 1.82) is 0 Å². The van der Waals surface area contributed by atoms with E-state index >= 15 is 0 Å². The average molecular weight is 372 g/mol. The van der Waals surface area contributed by atoms with Gasteiger partial charge in [0.05, 0.1) is 5.02 Å². The molecule has 1 aromatic carbocycles. The largest absolute Gasteiger partial charge is 0.366 e. The molecule has 0 radical (unpaired) electrons. The van der Waals surface area contributed by atoms with Crippen LogP contribution in [0.4, 0.5) is 15.9 Å². The van der Waals surface area contributed by atoms with Gasteiger partial charge >= 0.3 is 0 Å². The van der Waals surface area contributed by atoms with Crippen molar-refractivity contribution in [1.82, 2.24) is 15.0 Å². The maximum Gasteiger partial charge on any atom is 0.274 e. The zero-order chi connectivity index (χ0) is 18.5. The molecule has 2 heterocycles. The van der Waals surface area contributed by atoms with E-state index in [2.05, 4.69) is 25.6 Å². The van der Waals surface area contributed by atoms with Crippen molar-refractivity contribution in [3.05, 3.63) is 76.7 Å². The number of aryl methyl sites for hydroxylation is 1. The Morgan fingerprint density at radius 2 is 2.08 bits per heavy atom. The smallest absolute Gasteiger partial charge is 0.274 e. The highest BCUT2D eigenvalue weighted by atomic mass is 35.5. The van der Waals surface area contributed by atoms with Crippen molar-refractivity contribution in [2.24, 2.45) is 0 Å². The second-order valence-corrected chi connectivity index (χ2v) is 5.89. The maximum absolute atomic E-state index is 13.2. The van der Waals surface area contributed by atoms with Crippen LogP contribution in [0.3, 0.4) is 0 Å². The lowest BCUT2D eigenvalue weighted by molar-refractivity contribution is 0.102. The predicted molar refractivity (Wildman–Crippen MR) is 97.7 cm³/mol. The first-order valence-corrected chi connectivity index (χ1v) is 8.14. The molecule has 132 valence electrons. The summed E-state index contributed by atoms with van der Waals surface area (Å²) in [5, 5.41) is 5.70. The number of nitrogens with one attached hydrogen (secondary N) is 2. The third-order valence-electron chi connectivity index (χ3n) is 3.44. The van der Waals surface area contributed by atoms with Gasteiger partial charge < -0.3 is 10.6 Å². The van der Waals surface area contributed by atoms with Gasteiger partial charge in [0, 0.05) is 30.7 Å². The number of anilines is 2. The number of halogens is 2. The van der Waals surface area contributed by atoms with Crippen molar-refractivity contribution in [2.75, 3.05) is 10.6 Å². The highest BCUT2D eigenvalue weighted by Crippen LogP contribution is 2.20. The molecule has 8 heteroatoms. The van der Waals surface area contributed by atoms with Gasteiger partial charge in [0.1, 0.15) is 23.2 Å². The molecule has 6 nitrogen and oxygen atoms in total. The minimum absolute atomic E-state index is 0.0690. The first kappa shape index (κ1) is 17.8. The number of rotatable bonds is 5. The molecule has 0 aliphatic heterocycles. The molecule has 0 bridgehead atoms. The summed E-state index contributed by atoms with van der Waals surface area (Å²) in [4.78, 5) is 24.9. The van der Waals surface area contributed by atoms with Gasteiger partial charge in [-0.2, -0.15) is 0 Å². The highest BCUT2D eigenvalue weighted by molar-refractivity contribution is 6.31. The van der Waals surface area contributed by atoms with Gasteiger partial charge in [0.2, 0.25) is 0 Å².